The summed E-state index contributed by atoms with van der Waals surface area (Å²) in [5.74, 6) is 0. The van der Waals surface area contributed by atoms with Gasteiger partial charge in [0.05, 0.1) is 29.5 Å². The number of benzene rings is 1. The first kappa shape index (κ1) is 20.8. The third kappa shape index (κ3) is 6.01. The Morgan fingerprint density at radius 1 is 1.33 bits per heavy atom. The van der Waals surface area contributed by atoms with Crippen LogP contribution >= 0.6 is 11.6 Å². The van der Waals surface area contributed by atoms with Gasteiger partial charge in [0.25, 0.3) is 5.69 Å². The van der Waals surface area contributed by atoms with Gasteiger partial charge >= 0.3 is 0 Å². The molecule has 0 fully saturated rings. The fourth-order valence-electron chi connectivity index (χ4n) is 2.45. The molecule has 0 amide bonds. The van der Waals surface area contributed by atoms with Crippen LogP contribution in [-0.2, 0) is 10.0 Å². The molecular formula is C15H25ClN3O4S+. The third-order valence-corrected chi connectivity index (χ3v) is 5.86. The first-order valence-corrected chi connectivity index (χ1v) is 9.87. The average Bonchev–Trinajstić information content (AvgIpc) is 2.51. The molecule has 0 saturated heterocycles. The van der Waals surface area contributed by atoms with Crippen molar-refractivity contribution in [2.24, 2.45) is 0 Å². The average molecular weight is 379 g/mol. The van der Waals surface area contributed by atoms with Crippen LogP contribution in [0, 0.1) is 10.1 Å². The molecule has 0 heterocycles. The Morgan fingerprint density at radius 2 is 1.96 bits per heavy atom. The molecule has 2 N–H and O–H groups in total. The van der Waals surface area contributed by atoms with Crippen molar-refractivity contribution in [3.63, 3.8) is 0 Å². The molecule has 0 aliphatic heterocycles. The Kier molecular flexibility index (Phi) is 8.08. The highest BCUT2D eigenvalue weighted by molar-refractivity contribution is 7.89. The molecule has 1 aromatic rings. The van der Waals surface area contributed by atoms with Gasteiger partial charge in [0, 0.05) is 12.1 Å². The van der Waals surface area contributed by atoms with Crippen LogP contribution in [0.15, 0.2) is 23.1 Å². The lowest BCUT2D eigenvalue weighted by atomic mass is 10.2. The lowest BCUT2D eigenvalue weighted by Crippen LogP contribution is -3.11. The summed E-state index contributed by atoms with van der Waals surface area (Å²) in [6.07, 6.45) is 1.61. The van der Waals surface area contributed by atoms with Crippen molar-refractivity contribution >= 4 is 27.3 Å². The largest absolute Gasteiger partial charge is 0.335 e. The van der Waals surface area contributed by atoms with Crippen LogP contribution in [0.4, 0.5) is 5.69 Å². The van der Waals surface area contributed by atoms with Gasteiger partial charge in [0.2, 0.25) is 10.0 Å². The van der Waals surface area contributed by atoms with E-state index in [1.807, 2.05) is 0 Å². The van der Waals surface area contributed by atoms with E-state index in [1.165, 1.54) is 17.0 Å². The van der Waals surface area contributed by atoms with Crippen LogP contribution in [0.1, 0.15) is 33.6 Å². The van der Waals surface area contributed by atoms with Crippen LogP contribution in [-0.4, -0.2) is 39.0 Å². The monoisotopic (exact) mass is 378 g/mol. The molecule has 7 nitrogen and oxygen atoms in total. The summed E-state index contributed by atoms with van der Waals surface area (Å²) in [5, 5.41) is 10.8. The van der Waals surface area contributed by atoms with Gasteiger partial charge < -0.3 is 4.90 Å². The minimum atomic E-state index is -3.81. The lowest BCUT2D eigenvalue weighted by Gasteiger charge is -2.18. The Labute approximate surface area is 148 Å². The molecule has 0 aliphatic carbocycles. The molecule has 0 saturated carbocycles. The number of hydrogen-bond donors (Lipinski definition) is 2. The minimum Gasteiger partial charge on any atom is -0.335 e. The van der Waals surface area contributed by atoms with E-state index >= 15 is 0 Å². The van der Waals surface area contributed by atoms with Crippen molar-refractivity contribution in [3.8, 4) is 0 Å². The zero-order valence-electron chi connectivity index (χ0n) is 14.2. The molecule has 24 heavy (non-hydrogen) atoms. The molecule has 1 aromatic carbocycles. The number of halogens is 1. The molecule has 136 valence electrons. The second kappa shape index (κ2) is 9.31. The molecule has 0 aliphatic rings. The number of quaternary nitrogens is 1. The van der Waals surface area contributed by atoms with E-state index in [0.717, 1.165) is 32.1 Å². The van der Waals surface area contributed by atoms with Gasteiger partial charge in [-0.3, -0.25) is 10.1 Å². The summed E-state index contributed by atoms with van der Waals surface area (Å²) in [6.45, 7) is 9.12. The van der Waals surface area contributed by atoms with Crippen LogP contribution in [0.2, 0.25) is 5.02 Å². The number of hydrogen-bond acceptors (Lipinski definition) is 4. The van der Waals surface area contributed by atoms with E-state index in [4.69, 9.17) is 11.6 Å². The zero-order chi connectivity index (χ0) is 18.3. The summed E-state index contributed by atoms with van der Waals surface area (Å²) < 4.78 is 27.3. The summed E-state index contributed by atoms with van der Waals surface area (Å²) in [5.41, 5.74) is -0.419. The highest BCUT2D eigenvalue weighted by Gasteiger charge is 2.22. The molecule has 9 heteroatoms. The van der Waals surface area contributed by atoms with E-state index in [9.17, 15) is 18.5 Å². The van der Waals surface area contributed by atoms with E-state index < -0.39 is 20.6 Å². The van der Waals surface area contributed by atoms with E-state index in [0.29, 0.717) is 6.42 Å². The Bertz CT molecular complexity index is 663. The fourth-order valence-corrected chi connectivity index (χ4v) is 3.94. The van der Waals surface area contributed by atoms with Gasteiger partial charge in [-0.2, -0.15) is 0 Å². The summed E-state index contributed by atoms with van der Waals surface area (Å²) >= 11 is 5.71. The third-order valence-electron chi connectivity index (χ3n) is 3.95. The van der Waals surface area contributed by atoms with Crippen molar-refractivity contribution in [3.05, 3.63) is 33.3 Å². The van der Waals surface area contributed by atoms with Gasteiger partial charge in [-0.1, -0.05) is 11.6 Å². The van der Waals surface area contributed by atoms with Gasteiger partial charge in [0.15, 0.2) is 0 Å². The number of nitrogens with one attached hydrogen (secondary N) is 2. The number of nitrogens with zero attached hydrogens (tertiary/aromatic N) is 1. The molecule has 0 bridgehead atoms. The van der Waals surface area contributed by atoms with E-state index in [1.54, 1.807) is 6.92 Å². The number of rotatable bonds is 10. The molecular weight excluding hydrogens is 354 g/mol. The second-order valence-electron chi connectivity index (χ2n) is 5.74. The smallest absolute Gasteiger partial charge is 0.289 e. The topological polar surface area (TPSA) is 93.8 Å². The van der Waals surface area contributed by atoms with Crippen molar-refractivity contribution in [2.45, 2.75) is 44.6 Å². The van der Waals surface area contributed by atoms with E-state index in [2.05, 4.69) is 18.6 Å². The van der Waals surface area contributed by atoms with Gasteiger partial charge in [0.1, 0.15) is 5.02 Å². The molecule has 1 rings (SSSR count). The number of nitro groups is 1. The van der Waals surface area contributed by atoms with Crippen LogP contribution in [0.3, 0.4) is 0 Å². The summed E-state index contributed by atoms with van der Waals surface area (Å²) in [6, 6.07) is 3.23. The van der Waals surface area contributed by atoms with Crippen molar-refractivity contribution in [2.75, 3.05) is 19.6 Å². The maximum absolute atomic E-state index is 12.4. The lowest BCUT2D eigenvalue weighted by molar-refractivity contribution is -0.896. The normalized spacial score (nSPS) is 13.2. The molecule has 0 aromatic heterocycles. The highest BCUT2D eigenvalue weighted by Crippen LogP contribution is 2.27. The van der Waals surface area contributed by atoms with Gasteiger partial charge in [-0.05, 0) is 45.7 Å². The Morgan fingerprint density at radius 3 is 2.50 bits per heavy atom. The first-order chi connectivity index (χ1) is 11.2. The van der Waals surface area contributed by atoms with Crippen LogP contribution < -0.4 is 9.62 Å². The molecule has 0 spiro atoms. The molecule has 0 unspecified atom stereocenters. The fraction of sp³-hybridized carbons (Fsp3) is 0.600. The highest BCUT2D eigenvalue weighted by atomic mass is 35.5. The van der Waals surface area contributed by atoms with Crippen LogP contribution in [0.5, 0.6) is 0 Å². The van der Waals surface area contributed by atoms with Crippen molar-refractivity contribution in [1.82, 2.24) is 4.72 Å². The molecule has 0 radical (unpaired) electrons. The SMILES string of the molecule is CC[NH+](CC)CCC[C@H](C)NS(=O)(=O)c1ccc(Cl)c([N+](=O)[O-])c1. The van der Waals surface area contributed by atoms with Gasteiger partial charge in [-0.15, -0.1) is 0 Å². The second-order valence-corrected chi connectivity index (χ2v) is 7.86. The standard InChI is InChI=1S/C15H24ClN3O4S/c1-4-18(5-2)10-6-7-12(3)17-24(22,23)13-8-9-14(16)15(11-13)19(20)21/h8-9,11-12,17H,4-7,10H2,1-3H3/p+1/t12-/m0/s1. The van der Waals surface area contributed by atoms with Gasteiger partial charge in [-0.25, -0.2) is 13.1 Å². The molecule has 1 atom stereocenters. The number of nitro benzene ring substituents is 1. The zero-order valence-corrected chi connectivity index (χ0v) is 15.8. The van der Waals surface area contributed by atoms with Crippen LogP contribution in [0.25, 0.3) is 0 Å². The van der Waals surface area contributed by atoms with Crippen molar-refractivity contribution < 1.29 is 18.2 Å². The summed E-state index contributed by atoms with van der Waals surface area (Å²) in [4.78, 5) is 11.5. The Hall–Kier alpha value is -1.22. The quantitative estimate of drug-likeness (QED) is 0.478. The number of sulfonamides is 1. The van der Waals surface area contributed by atoms with Crippen molar-refractivity contribution in [1.29, 1.82) is 0 Å². The maximum Gasteiger partial charge on any atom is 0.289 e. The maximum atomic E-state index is 12.4. The summed E-state index contributed by atoms with van der Waals surface area (Å²) in [7, 11) is -3.81. The van der Waals surface area contributed by atoms with E-state index in [-0.39, 0.29) is 16.0 Å². The predicted octanol–water partition coefficient (Wildman–Crippen LogP) is 1.62. The minimum absolute atomic E-state index is 0.0887. The predicted molar refractivity (Wildman–Crippen MR) is 94.0 cm³/mol. The first-order valence-electron chi connectivity index (χ1n) is 8.01. The Balaban J connectivity index is 2.72.